The Hall–Kier alpha value is 0.140. The van der Waals surface area contributed by atoms with Crippen molar-refractivity contribution in [1.82, 2.24) is 5.32 Å². The summed E-state index contributed by atoms with van der Waals surface area (Å²) in [5.41, 5.74) is 0.236. The molecular weight excluding hydrogens is 330 g/mol. The van der Waals surface area contributed by atoms with Crippen molar-refractivity contribution in [2.75, 3.05) is 6.54 Å². The van der Waals surface area contributed by atoms with Crippen molar-refractivity contribution >= 4 is 27.3 Å². The molecule has 0 spiro atoms. The maximum Gasteiger partial charge on any atom is 0.0701 e. The Kier molecular flexibility index (Phi) is 5.72. The SMILES string of the molecule is CC1CCC(CNC(C)(C)C)C(Cc2ccc(Br)s2)C1. The monoisotopic (exact) mass is 357 g/mol. The van der Waals surface area contributed by atoms with Gasteiger partial charge in [0.2, 0.25) is 0 Å². The largest absolute Gasteiger partial charge is 0.312 e. The Morgan fingerprint density at radius 1 is 1.25 bits per heavy atom. The summed E-state index contributed by atoms with van der Waals surface area (Å²) in [5.74, 6) is 2.58. The molecule has 1 saturated carbocycles. The summed E-state index contributed by atoms with van der Waals surface area (Å²) in [7, 11) is 0. The highest BCUT2D eigenvalue weighted by Crippen LogP contribution is 2.37. The van der Waals surface area contributed by atoms with E-state index in [0.29, 0.717) is 0 Å². The van der Waals surface area contributed by atoms with E-state index in [1.54, 1.807) is 0 Å². The third-order valence-corrected chi connectivity index (χ3v) is 6.03. The van der Waals surface area contributed by atoms with Gasteiger partial charge in [-0.2, -0.15) is 0 Å². The van der Waals surface area contributed by atoms with Gasteiger partial charge in [0.05, 0.1) is 3.79 Å². The van der Waals surface area contributed by atoms with Crippen molar-refractivity contribution in [2.45, 2.75) is 58.9 Å². The van der Waals surface area contributed by atoms with E-state index in [0.717, 1.165) is 17.8 Å². The van der Waals surface area contributed by atoms with E-state index in [2.05, 4.69) is 61.1 Å². The molecule has 0 aliphatic heterocycles. The van der Waals surface area contributed by atoms with Crippen LogP contribution in [0.3, 0.4) is 0 Å². The van der Waals surface area contributed by atoms with E-state index in [9.17, 15) is 0 Å². The van der Waals surface area contributed by atoms with Crippen molar-refractivity contribution in [2.24, 2.45) is 17.8 Å². The lowest BCUT2D eigenvalue weighted by molar-refractivity contribution is 0.175. The van der Waals surface area contributed by atoms with Crippen molar-refractivity contribution < 1.29 is 0 Å². The molecule has 1 fully saturated rings. The van der Waals surface area contributed by atoms with E-state index in [1.807, 2.05) is 11.3 Å². The molecule has 3 heteroatoms. The number of hydrogen-bond acceptors (Lipinski definition) is 2. The standard InChI is InChI=1S/C17H28BrNS/c1-12-5-6-13(11-19-17(2,3)4)14(9-12)10-15-7-8-16(18)20-15/h7-8,12-14,19H,5-6,9-11H2,1-4H3. The second-order valence-electron chi connectivity index (χ2n) is 7.48. The van der Waals surface area contributed by atoms with Crippen molar-refractivity contribution in [1.29, 1.82) is 0 Å². The van der Waals surface area contributed by atoms with E-state index in [-0.39, 0.29) is 5.54 Å². The molecule has 0 saturated heterocycles. The lowest BCUT2D eigenvalue weighted by Crippen LogP contribution is -2.42. The normalized spacial score (nSPS) is 27.8. The van der Waals surface area contributed by atoms with Crippen LogP contribution in [0.1, 0.15) is 51.8 Å². The molecular formula is C17H28BrNS. The number of hydrogen-bond donors (Lipinski definition) is 1. The number of nitrogens with one attached hydrogen (secondary N) is 1. The quantitative estimate of drug-likeness (QED) is 0.750. The third-order valence-electron chi connectivity index (χ3n) is 4.39. The summed E-state index contributed by atoms with van der Waals surface area (Å²) in [6.45, 7) is 10.4. The van der Waals surface area contributed by atoms with Crippen LogP contribution >= 0.6 is 27.3 Å². The Balaban J connectivity index is 1.97. The molecule has 20 heavy (non-hydrogen) atoms. The average Bonchev–Trinajstić information content (AvgIpc) is 2.72. The third kappa shape index (κ3) is 5.16. The van der Waals surface area contributed by atoms with Gasteiger partial charge in [-0.25, -0.2) is 0 Å². The van der Waals surface area contributed by atoms with Gasteiger partial charge in [-0.15, -0.1) is 11.3 Å². The number of thiophene rings is 1. The van der Waals surface area contributed by atoms with Crippen LogP contribution in [0.15, 0.2) is 15.9 Å². The number of rotatable bonds is 4. The van der Waals surface area contributed by atoms with Crippen molar-refractivity contribution in [3.8, 4) is 0 Å². The van der Waals surface area contributed by atoms with Crippen LogP contribution in [0.25, 0.3) is 0 Å². The highest BCUT2D eigenvalue weighted by atomic mass is 79.9. The van der Waals surface area contributed by atoms with Gasteiger partial charge >= 0.3 is 0 Å². The van der Waals surface area contributed by atoms with Crippen molar-refractivity contribution in [3.63, 3.8) is 0 Å². The van der Waals surface area contributed by atoms with Crippen molar-refractivity contribution in [3.05, 3.63) is 20.8 Å². The molecule has 114 valence electrons. The molecule has 0 aromatic carbocycles. The molecule has 1 heterocycles. The second-order valence-corrected chi connectivity index (χ2v) is 10.0. The minimum atomic E-state index is 0.236. The van der Waals surface area contributed by atoms with Gasteiger partial charge in [0.25, 0.3) is 0 Å². The Morgan fingerprint density at radius 2 is 2.00 bits per heavy atom. The summed E-state index contributed by atoms with van der Waals surface area (Å²) in [6.07, 6.45) is 5.45. The molecule has 0 amide bonds. The van der Waals surface area contributed by atoms with Gasteiger partial charge in [0.1, 0.15) is 0 Å². The molecule has 1 nitrogen and oxygen atoms in total. The molecule has 0 radical (unpaired) electrons. The Bertz CT molecular complexity index is 421. The fourth-order valence-electron chi connectivity index (χ4n) is 3.24. The fourth-order valence-corrected chi connectivity index (χ4v) is 4.81. The lowest BCUT2D eigenvalue weighted by atomic mass is 9.73. The van der Waals surface area contributed by atoms with Crippen LogP contribution in [0.2, 0.25) is 0 Å². The van der Waals surface area contributed by atoms with E-state index < -0.39 is 0 Å². The minimum Gasteiger partial charge on any atom is -0.312 e. The molecule has 3 atom stereocenters. The first-order valence-electron chi connectivity index (χ1n) is 7.83. The summed E-state index contributed by atoms with van der Waals surface area (Å²) >= 11 is 5.49. The topological polar surface area (TPSA) is 12.0 Å². The van der Waals surface area contributed by atoms with Crippen LogP contribution in [-0.4, -0.2) is 12.1 Å². The molecule has 0 bridgehead atoms. The highest BCUT2D eigenvalue weighted by molar-refractivity contribution is 9.11. The average molecular weight is 358 g/mol. The Labute approximate surface area is 136 Å². The van der Waals surface area contributed by atoms with Crippen LogP contribution in [0.5, 0.6) is 0 Å². The summed E-state index contributed by atoms with van der Waals surface area (Å²) in [5, 5.41) is 3.72. The highest BCUT2D eigenvalue weighted by Gasteiger charge is 2.29. The van der Waals surface area contributed by atoms with Gasteiger partial charge in [-0.05, 0) is 92.4 Å². The zero-order chi connectivity index (χ0) is 14.8. The van der Waals surface area contributed by atoms with Gasteiger partial charge in [-0.3, -0.25) is 0 Å². The van der Waals surface area contributed by atoms with Crippen LogP contribution in [0, 0.1) is 17.8 Å². The van der Waals surface area contributed by atoms with Gasteiger partial charge < -0.3 is 5.32 Å². The van der Waals surface area contributed by atoms with Gasteiger partial charge in [0, 0.05) is 10.4 Å². The Morgan fingerprint density at radius 3 is 2.60 bits per heavy atom. The lowest BCUT2D eigenvalue weighted by Gasteiger charge is -2.36. The molecule has 2 rings (SSSR count). The van der Waals surface area contributed by atoms with Gasteiger partial charge in [-0.1, -0.05) is 13.3 Å². The predicted molar refractivity (Wildman–Crippen MR) is 93.5 cm³/mol. The predicted octanol–water partition coefficient (Wildman–Crippen LogP) is 5.49. The van der Waals surface area contributed by atoms with E-state index in [1.165, 1.54) is 40.9 Å². The van der Waals surface area contributed by atoms with Gasteiger partial charge in [0.15, 0.2) is 0 Å². The van der Waals surface area contributed by atoms with Crippen LogP contribution < -0.4 is 5.32 Å². The molecule has 1 aromatic rings. The first-order chi connectivity index (χ1) is 9.33. The second kappa shape index (κ2) is 6.93. The summed E-state index contributed by atoms with van der Waals surface area (Å²) in [4.78, 5) is 1.54. The fraction of sp³-hybridized carbons (Fsp3) is 0.765. The summed E-state index contributed by atoms with van der Waals surface area (Å²) in [6, 6.07) is 4.48. The van der Waals surface area contributed by atoms with E-state index in [4.69, 9.17) is 0 Å². The molecule has 1 aliphatic rings. The molecule has 3 unspecified atom stereocenters. The molecule has 1 N–H and O–H groups in total. The first kappa shape index (κ1) is 16.5. The maximum atomic E-state index is 3.72. The number of halogens is 1. The molecule has 1 aliphatic carbocycles. The van der Waals surface area contributed by atoms with Crippen LogP contribution in [0.4, 0.5) is 0 Å². The first-order valence-corrected chi connectivity index (χ1v) is 9.43. The zero-order valence-corrected chi connectivity index (χ0v) is 15.6. The molecule has 1 aromatic heterocycles. The summed E-state index contributed by atoms with van der Waals surface area (Å²) < 4.78 is 1.26. The minimum absolute atomic E-state index is 0.236. The van der Waals surface area contributed by atoms with E-state index >= 15 is 0 Å². The zero-order valence-electron chi connectivity index (χ0n) is 13.2. The maximum absolute atomic E-state index is 3.72. The van der Waals surface area contributed by atoms with Crippen LogP contribution in [-0.2, 0) is 6.42 Å². The smallest absolute Gasteiger partial charge is 0.0701 e.